The zero-order valence-corrected chi connectivity index (χ0v) is 36.9. The first-order chi connectivity index (χ1) is 32.2. The van der Waals surface area contributed by atoms with E-state index < -0.39 is 5.41 Å². The van der Waals surface area contributed by atoms with Gasteiger partial charge in [0.15, 0.2) is 0 Å². The summed E-state index contributed by atoms with van der Waals surface area (Å²) in [6.45, 7) is 0. The first-order valence-electron chi connectivity index (χ1n) is 23.2. The molecule has 10 aromatic carbocycles. The van der Waals surface area contributed by atoms with Gasteiger partial charge in [0.1, 0.15) is 0 Å². The maximum atomic E-state index is 2.58. The zero-order chi connectivity index (χ0) is 42.9. The van der Waals surface area contributed by atoms with Crippen molar-refractivity contribution in [2.45, 2.75) is 46.3 Å². The molecular formula is C64H46S. The van der Waals surface area contributed by atoms with Crippen LogP contribution in [0.4, 0.5) is 0 Å². The molecule has 3 aliphatic rings. The Morgan fingerprint density at radius 1 is 0.462 bits per heavy atom. The van der Waals surface area contributed by atoms with Gasteiger partial charge < -0.3 is 0 Å². The van der Waals surface area contributed by atoms with E-state index in [1.54, 1.807) is 0 Å². The lowest BCUT2D eigenvalue weighted by Gasteiger charge is -2.40. The van der Waals surface area contributed by atoms with Gasteiger partial charge in [-0.3, -0.25) is 0 Å². The molecule has 0 N–H and O–H groups in total. The third-order valence-corrected chi connectivity index (χ3v) is 16.0. The molecule has 10 aromatic rings. The minimum atomic E-state index is -0.421. The number of hydrogen-bond donors (Lipinski definition) is 0. The summed E-state index contributed by atoms with van der Waals surface area (Å²) in [6, 6.07) is 87.3. The van der Waals surface area contributed by atoms with E-state index in [9.17, 15) is 0 Å². The number of aryl methyl sites for hydroxylation is 1. The van der Waals surface area contributed by atoms with Crippen molar-refractivity contribution in [2.24, 2.45) is 0 Å². The Labute approximate surface area is 386 Å². The van der Waals surface area contributed by atoms with Gasteiger partial charge in [0.05, 0.1) is 5.41 Å². The molecule has 0 saturated carbocycles. The summed E-state index contributed by atoms with van der Waals surface area (Å²) in [5.41, 5.74) is 21.5. The van der Waals surface area contributed by atoms with E-state index in [1.807, 2.05) is 11.8 Å². The van der Waals surface area contributed by atoms with E-state index in [-0.39, 0.29) is 5.92 Å². The van der Waals surface area contributed by atoms with Gasteiger partial charge in [0.2, 0.25) is 0 Å². The van der Waals surface area contributed by atoms with E-state index in [2.05, 4.69) is 231 Å². The maximum Gasteiger partial charge on any atom is 0.0741 e. The van der Waals surface area contributed by atoms with Crippen molar-refractivity contribution >= 4 is 22.5 Å². The second kappa shape index (κ2) is 15.5. The van der Waals surface area contributed by atoms with Crippen molar-refractivity contribution in [3.8, 4) is 33.4 Å². The summed E-state index contributed by atoms with van der Waals surface area (Å²) >= 11 is 1.91. The van der Waals surface area contributed by atoms with E-state index in [0.717, 1.165) is 19.3 Å². The van der Waals surface area contributed by atoms with Crippen molar-refractivity contribution in [2.75, 3.05) is 0 Å². The molecule has 1 heterocycles. The molecule has 308 valence electrons. The van der Waals surface area contributed by atoms with Crippen molar-refractivity contribution in [3.63, 3.8) is 0 Å². The van der Waals surface area contributed by atoms with Crippen LogP contribution in [0.3, 0.4) is 0 Å². The molecule has 2 unspecified atom stereocenters. The smallest absolute Gasteiger partial charge is 0.0741 e. The van der Waals surface area contributed by atoms with Crippen LogP contribution in [0.5, 0.6) is 0 Å². The molecule has 0 fully saturated rings. The molecule has 0 amide bonds. The lowest BCUT2D eigenvalue weighted by molar-refractivity contribution is 0.706. The summed E-state index contributed by atoms with van der Waals surface area (Å²) in [7, 11) is 0. The molecule has 0 bridgehead atoms. The minimum absolute atomic E-state index is 0.253. The molecule has 13 rings (SSSR count). The fourth-order valence-corrected chi connectivity index (χ4v) is 13.1. The Kier molecular flexibility index (Phi) is 9.14. The third kappa shape index (κ3) is 6.13. The molecule has 0 radical (unpaired) electrons. The molecule has 0 aromatic heterocycles. The molecule has 2 aliphatic carbocycles. The summed E-state index contributed by atoms with van der Waals surface area (Å²) in [6.07, 6.45) is 2.99. The molecule has 0 saturated heterocycles. The van der Waals surface area contributed by atoms with Gasteiger partial charge in [-0.05, 0) is 137 Å². The van der Waals surface area contributed by atoms with Crippen LogP contribution >= 0.6 is 11.8 Å². The van der Waals surface area contributed by atoms with Gasteiger partial charge in [-0.2, -0.15) is 0 Å². The van der Waals surface area contributed by atoms with Gasteiger partial charge in [0, 0.05) is 21.6 Å². The molecule has 0 nitrogen and oxygen atoms in total. The Morgan fingerprint density at radius 3 is 1.89 bits per heavy atom. The molecular weight excluding hydrogens is 801 g/mol. The predicted molar refractivity (Wildman–Crippen MR) is 271 cm³/mol. The van der Waals surface area contributed by atoms with Crippen molar-refractivity contribution in [3.05, 3.63) is 286 Å². The van der Waals surface area contributed by atoms with Crippen LogP contribution in [-0.4, -0.2) is 0 Å². The second-order valence-electron chi connectivity index (χ2n) is 18.2. The summed E-state index contributed by atoms with van der Waals surface area (Å²) in [5, 5.41) is 2.63. The molecule has 2 atom stereocenters. The quantitative estimate of drug-likeness (QED) is 0.154. The van der Waals surface area contributed by atoms with E-state index >= 15 is 0 Å². The Bertz CT molecular complexity index is 3390. The van der Waals surface area contributed by atoms with Gasteiger partial charge in [-0.1, -0.05) is 224 Å². The van der Waals surface area contributed by atoms with Crippen molar-refractivity contribution in [1.29, 1.82) is 0 Å². The molecule has 1 aliphatic heterocycles. The highest BCUT2D eigenvalue weighted by molar-refractivity contribution is 7.99. The maximum absolute atomic E-state index is 2.58. The molecule has 65 heavy (non-hydrogen) atoms. The van der Waals surface area contributed by atoms with Gasteiger partial charge in [-0.15, -0.1) is 0 Å². The normalized spacial score (nSPS) is 15.3. The second-order valence-corrected chi connectivity index (χ2v) is 19.3. The van der Waals surface area contributed by atoms with Crippen molar-refractivity contribution < 1.29 is 0 Å². The van der Waals surface area contributed by atoms with Crippen LogP contribution in [0.2, 0.25) is 0 Å². The monoisotopic (exact) mass is 846 g/mol. The Morgan fingerprint density at radius 2 is 1.09 bits per heavy atom. The van der Waals surface area contributed by atoms with E-state index in [1.165, 1.54) is 110 Å². The Balaban J connectivity index is 0.874. The third-order valence-electron chi connectivity index (χ3n) is 14.8. The van der Waals surface area contributed by atoms with Crippen LogP contribution in [0.15, 0.2) is 240 Å². The largest absolute Gasteiger partial charge is 0.0894 e. The number of fused-ring (bicyclic) bond motifs is 14. The van der Waals surface area contributed by atoms with Crippen LogP contribution < -0.4 is 0 Å². The van der Waals surface area contributed by atoms with Crippen LogP contribution in [0, 0.1) is 0 Å². The Hall–Kier alpha value is -7.19. The first-order valence-corrected chi connectivity index (χ1v) is 24.0. The summed E-state index contributed by atoms with van der Waals surface area (Å²) in [4.78, 5) is 2.68. The number of rotatable bonds is 7. The fraction of sp³-hybridized carbons (Fsp3) is 0.0938. The lowest BCUT2D eigenvalue weighted by atomic mass is 9.66. The van der Waals surface area contributed by atoms with Gasteiger partial charge in [0.25, 0.3) is 0 Å². The van der Waals surface area contributed by atoms with E-state index in [4.69, 9.17) is 0 Å². The average molecular weight is 847 g/mol. The zero-order valence-electron chi connectivity index (χ0n) is 36.1. The van der Waals surface area contributed by atoms with Crippen LogP contribution in [0.25, 0.3) is 44.2 Å². The lowest BCUT2D eigenvalue weighted by Crippen LogP contribution is -2.32. The number of benzene rings is 10. The summed E-state index contributed by atoms with van der Waals surface area (Å²) in [5.74, 6) is 0.579. The minimum Gasteiger partial charge on any atom is -0.0894 e. The topological polar surface area (TPSA) is 0 Å². The SMILES string of the molecule is c1ccc(C(CCc2ccc3c(c2)C2(c4ccccc4Sc4ccccc42)c2c-3ccc3ccccc23)c2ccc(-c3ccc4c(c3)C(c3ccccc3)Cc3ccccc3-4)cc2)cc1. The van der Waals surface area contributed by atoms with Gasteiger partial charge >= 0.3 is 0 Å². The molecule has 1 spiro atoms. The predicted octanol–water partition coefficient (Wildman–Crippen LogP) is 16.5. The highest BCUT2D eigenvalue weighted by Crippen LogP contribution is 2.63. The van der Waals surface area contributed by atoms with Gasteiger partial charge in [-0.25, -0.2) is 0 Å². The standard InChI is InChI=1S/C64H46S/c1-3-15-44(16-4-1)50(47-31-29-43(30-32-47)48-34-37-53-51-21-9-8-20-49(51)41-56(57(53)40-48)45-17-5-2-6-18-45)35-27-42-28-36-54-55-38-33-46-19-7-10-22-52(46)63(55)64(60(54)39-42)58-23-11-13-25-61(58)65-62-26-14-12-24-59(62)64/h1-26,28-34,36-40,50,56H,27,35,41H2. The highest BCUT2D eigenvalue weighted by atomic mass is 32.2. The van der Waals surface area contributed by atoms with E-state index in [0.29, 0.717) is 5.92 Å². The fourth-order valence-electron chi connectivity index (χ4n) is 11.9. The van der Waals surface area contributed by atoms with Crippen LogP contribution in [-0.2, 0) is 18.3 Å². The van der Waals surface area contributed by atoms with Crippen molar-refractivity contribution in [1.82, 2.24) is 0 Å². The molecule has 1 heteroatoms. The van der Waals surface area contributed by atoms with Crippen LogP contribution in [0.1, 0.15) is 73.9 Å². The highest BCUT2D eigenvalue weighted by Gasteiger charge is 2.51. The summed E-state index contributed by atoms with van der Waals surface area (Å²) < 4.78 is 0. The number of hydrogen-bond acceptors (Lipinski definition) is 1. The average Bonchev–Trinajstić information content (AvgIpc) is 3.67. The first kappa shape index (κ1) is 38.3.